The predicted molar refractivity (Wildman–Crippen MR) is 190 cm³/mol. The van der Waals surface area contributed by atoms with Crippen LogP contribution in [0.3, 0.4) is 0 Å². The summed E-state index contributed by atoms with van der Waals surface area (Å²) in [5.74, 6) is -0.921. The van der Waals surface area contributed by atoms with Gasteiger partial charge < -0.3 is 4.90 Å². The molecule has 2 aromatic carbocycles. The van der Waals surface area contributed by atoms with Crippen molar-refractivity contribution in [3.05, 3.63) is 52.9 Å². The number of hydrogen-bond acceptors (Lipinski definition) is 9. The van der Waals surface area contributed by atoms with Gasteiger partial charge in [0.05, 0.1) is 10.4 Å². The number of carbonyl (C=O) groups excluding carboxylic acids is 3. The molecule has 3 heterocycles. The average molecular weight is 669 g/mol. The van der Waals surface area contributed by atoms with Crippen molar-refractivity contribution in [2.45, 2.75) is 90.1 Å². The molecule has 1 aliphatic heterocycles. The maximum Gasteiger partial charge on any atom is 0.334 e. The van der Waals surface area contributed by atoms with Gasteiger partial charge in [-0.1, -0.05) is 74.1 Å². The summed E-state index contributed by atoms with van der Waals surface area (Å²) >= 11 is 2.84. The molecule has 0 atom stereocenters. The van der Waals surface area contributed by atoms with Crippen LogP contribution in [-0.4, -0.2) is 57.8 Å². The number of benzene rings is 2. The summed E-state index contributed by atoms with van der Waals surface area (Å²) in [6.07, 6.45) is 11.0. The number of carbonyl (C=O) groups is 3. The van der Waals surface area contributed by atoms with Gasteiger partial charge in [0, 0.05) is 46.5 Å². The topological polar surface area (TPSA) is 98.5 Å². The maximum absolute atomic E-state index is 13.8. The highest BCUT2D eigenvalue weighted by Crippen LogP contribution is 2.39. The standard InChI is InChI=1S/C36H40N6O3S2/c1-3-40(4-2)30-20-19-29(26-17-11-12-18-27(26)30)38-39-35-37-32-31(47-35)22-25(46-32)21-28-33(43)41(23-13-7-5-8-14-23)36(45)42(34(28)44)24-15-9-6-10-16-24/h11-12,17-24H,3-10,13-16H2,1-2H3. The Balaban J connectivity index is 1.17. The highest BCUT2D eigenvalue weighted by atomic mass is 32.1. The van der Waals surface area contributed by atoms with Crippen LogP contribution in [0.4, 0.5) is 21.3 Å². The molecule has 9 nitrogen and oxygen atoms in total. The van der Waals surface area contributed by atoms with Crippen molar-refractivity contribution in [2.24, 2.45) is 10.2 Å². The third kappa shape index (κ3) is 6.11. The molecule has 244 valence electrons. The van der Waals surface area contributed by atoms with Gasteiger partial charge in [0.2, 0.25) is 5.13 Å². The van der Waals surface area contributed by atoms with Gasteiger partial charge in [-0.05, 0) is 63.8 Å². The van der Waals surface area contributed by atoms with E-state index in [0.717, 1.165) is 108 Å². The molecule has 4 aromatic rings. The molecule has 2 aliphatic carbocycles. The van der Waals surface area contributed by atoms with Crippen LogP contribution in [0.2, 0.25) is 0 Å². The predicted octanol–water partition coefficient (Wildman–Crippen LogP) is 9.61. The molecule has 47 heavy (non-hydrogen) atoms. The largest absolute Gasteiger partial charge is 0.372 e. The van der Waals surface area contributed by atoms with Crippen molar-refractivity contribution in [1.82, 2.24) is 14.8 Å². The van der Waals surface area contributed by atoms with Crippen molar-refractivity contribution < 1.29 is 14.4 Å². The number of nitrogens with zero attached hydrogens (tertiary/aromatic N) is 6. The van der Waals surface area contributed by atoms with E-state index in [9.17, 15) is 14.4 Å². The number of aromatic nitrogens is 1. The zero-order chi connectivity index (χ0) is 32.5. The highest BCUT2D eigenvalue weighted by Gasteiger charge is 2.47. The van der Waals surface area contributed by atoms with Crippen LogP contribution < -0.4 is 4.90 Å². The second-order valence-corrected chi connectivity index (χ2v) is 14.7. The number of imide groups is 2. The minimum Gasteiger partial charge on any atom is -0.372 e. The zero-order valence-electron chi connectivity index (χ0n) is 27.0. The number of barbiturate groups is 1. The monoisotopic (exact) mass is 668 g/mol. The molecule has 0 bridgehead atoms. The van der Waals surface area contributed by atoms with E-state index in [4.69, 9.17) is 4.98 Å². The van der Waals surface area contributed by atoms with Crippen molar-refractivity contribution in [3.63, 3.8) is 0 Å². The van der Waals surface area contributed by atoms with Crippen LogP contribution in [0.15, 0.2) is 58.3 Å². The number of hydrogen-bond donors (Lipinski definition) is 0. The van der Waals surface area contributed by atoms with Crippen LogP contribution >= 0.6 is 22.7 Å². The number of thiophene rings is 1. The third-order valence-electron chi connectivity index (χ3n) is 9.80. The number of anilines is 1. The molecule has 7 rings (SSSR count). The van der Waals surface area contributed by atoms with Crippen LogP contribution in [0.25, 0.3) is 26.4 Å². The van der Waals surface area contributed by atoms with Crippen LogP contribution in [-0.2, 0) is 9.59 Å². The van der Waals surface area contributed by atoms with Crippen molar-refractivity contribution >= 4 is 83.4 Å². The number of urea groups is 1. The number of thiazole rings is 1. The zero-order valence-corrected chi connectivity index (χ0v) is 28.6. The van der Waals surface area contributed by atoms with Gasteiger partial charge in [-0.25, -0.2) is 9.78 Å². The lowest BCUT2D eigenvalue weighted by molar-refractivity contribution is -0.139. The molecule has 3 aliphatic rings. The fourth-order valence-electron chi connectivity index (χ4n) is 7.38. The highest BCUT2D eigenvalue weighted by molar-refractivity contribution is 7.29. The van der Waals surface area contributed by atoms with Crippen molar-refractivity contribution in [2.75, 3.05) is 18.0 Å². The second-order valence-electron chi connectivity index (χ2n) is 12.6. The minimum atomic E-state index is -0.461. The van der Waals surface area contributed by atoms with E-state index in [0.29, 0.717) is 5.13 Å². The molecular weight excluding hydrogens is 629 g/mol. The Morgan fingerprint density at radius 3 is 2.02 bits per heavy atom. The number of fused-ring (bicyclic) bond motifs is 2. The van der Waals surface area contributed by atoms with Crippen LogP contribution in [0.1, 0.15) is 82.9 Å². The van der Waals surface area contributed by atoms with Gasteiger partial charge in [-0.2, -0.15) is 0 Å². The molecule has 0 radical (unpaired) electrons. The summed E-state index contributed by atoms with van der Waals surface area (Å²) in [7, 11) is 0. The Morgan fingerprint density at radius 1 is 0.809 bits per heavy atom. The smallest absolute Gasteiger partial charge is 0.334 e. The van der Waals surface area contributed by atoms with Gasteiger partial charge in [0.15, 0.2) is 0 Å². The van der Waals surface area contributed by atoms with Gasteiger partial charge >= 0.3 is 6.03 Å². The number of azo groups is 1. The van der Waals surface area contributed by atoms with Gasteiger partial charge in [-0.15, -0.1) is 21.6 Å². The first-order valence-corrected chi connectivity index (χ1v) is 18.6. The summed E-state index contributed by atoms with van der Waals surface area (Å²) in [5, 5.41) is 11.8. The van der Waals surface area contributed by atoms with Crippen LogP contribution in [0.5, 0.6) is 0 Å². The molecule has 0 spiro atoms. The van der Waals surface area contributed by atoms with Gasteiger partial charge in [0.25, 0.3) is 11.8 Å². The quantitative estimate of drug-likeness (QED) is 0.106. The fraction of sp³-hybridized carbons (Fsp3) is 0.444. The Morgan fingerprint density at radius 2 is 1.43 bits per heavy atom. The van der Waals surface area contributed by atoms with E-state index in [1.54, 1.807) is 6.08 Å². The van der Waals surface area contributed by atoms with Crippen molar-refractivity contribution in [1.29, 1.82) is 0 Å². The normalized spacial score (nSPS) is 18.8. The summed E-state index contributed by atoms with van der Waals surface area (Å²) in [5.41, 5.74) is 2.05. The summed E-state index contributed by atoms with van der Waals surface area (Å²) < 4.78 is 0.914. The van der Waals surface area contributed by atoms with E-state index < -0.39 is 17.8 Å². The minimum absolute atomic E-state index is 0.0783. The average Bonchev–Trinajstić information content (AvgIpc) is 3.66. The fourth-order valence-corrected chi connectivity index (χ4v) is 9.36. The maximum atomic E-state index is 13.8. The Labute approximate surface area is 283 Å². The lowest BCUT2D eigenvalue weighted by Crippen LogP contribution is -2.62. The Hall–Kier alpha value is -3.96. The van der Waals surface area contributed by atoms with Crippen LogP contribution in [0, 0.1) is 0 Å². The lowest BCUT2D eigenvalue weighted by atomic mass is 9.91. The Kier molecular flexibility index (Phi) is 9.18. The number of amides is 4. The Bertz CT molecular complexity index is 1800. The first-order chi connectivity index (χ1) is 23.0. The molecule has 11 heteroatoms. The van der Waals surface area contributed by atoms with Gasteiger partial charge in [-0.3, -0.25) is 19.4 Å². The van der Waals surface area contributed by atoms with E-state index in [-0.39, 0.29) is 17.7 Å². The summed E-state index contributed by atoms with van der Waals surface area (Å²) in [6.45, 7) is 6.17. The molecule has 1 saturated heterocycles. The molecule has 2 aromatic heterocycles. The van der Waals surface area contributed by atoms with Gasteiger partial charge in [0.1, 0.15) is 10.4 Å². The molecule has 0 N–H and O–H groups in total. The summed E-state index contributed by atoms with van der Waals surface area (Å²) in [6, 6.07) is 13.6. The van der Waals surface area contributed by atoms with E-state index >= 15 is 0 Å². The second kappa shape index (κ2) is 13.6. The summed E-state index contributed by atoms with van der Waals surface area (Å²) in [4.78, 5) is 52.8. The molecule has 4 amide bonds. The van der Waals surface area contributed by atoms with Crippen molar-refractivity contribution in [3.8, 4) is 0 Å². The third-order valence-corrected chi connectivity index (χ3v) is 11.8. The lowest BCUT2D eigenvalue weighted by Gasteiger charge is -2.43. The first kappa shape index (κ1) is 31.6. The molecule has 0 unspecified atom stereocenters. The molecule has 2 saturated carbocycles. The molecule has 3 fully saturated rings. The molecular formula is C36H40N6O3S2. The first-order valence-electron chi connectivity index (χ1n) is 17.0. The van der Waals surface area contributed by atoms with E-state index in [1.807, 2.05) is 24.3 Å². The SMILES string of the molecule is CCN(CC)c1ccc(N=Nc2nc3sc(C=C4C(=O)N(C5CCCCC5)C(=O)N(C5CCCCC5)C4=O)cc3s2)c2ccccc12. The van der Waals surface area contributed by atoms with E-state index in [1.165, 1.54) is 38.2 Å². The van der Waals surface area contributed by atoms with E-state index in [2.05, 4.69) is 47.2 Å². The number of rotatable bonds is 8.